The summed E-state index contributed by atoms with van der Waals surface area (Å²) in [7, 11) is 6.06. The molecule has 2 rings (SSSR count). The summed E-state index contributed by atoms with van der Waals surface area (Å²) in [5.41, 5.74) is 2.21. The summed E-state index contributed by atoms with van der Waals surface area (Å²) in [5.74, 6) is 0.903. The monoisotopic (exact) mass is 319 g/mol. The van der Waals surface area contributed by atoms with Crippen LogP contribution in [0.3, 0.4) is 0 Å². The van der Waals surface area contributed by atoms with Crippen molar-refractivity contribution >= 4 is 11.3 Å². The Morgan fingerprint density at radius 2 is 1.95 bits per heavy atom. The number of hydrogen-bond acceptors (Lipinski definition) is 5. The van der Waals surface area contributed by atoms with Gasteiger partial charge in [0.25, 0.3) is 0 Å². The molecular weight excluding hydrogens is 294 g/mol. The van der Waals surface area contributed by atoms with Crippen LogP contribution < -0.4 is 10.1 Å². The third kappa shape index (κ3) is 4.29. The standard InChI is InChI=1S/C17H25N3OS/c1-12(18-3)17-16(19-13(2)22-17)14-6-8-15(9-7-14)21-11-10-20(4)5/h6-9,12,18H,10-11H2,1-5H3. The number of benzene rings is 1. The van der Waals surface area contributed by atoms with Crippen molar-refractivity contribution in [3.63, 3.8) is 0 Å². The maximum Gasteiger partial charge on any atom is 0.119 e. The number of aromatic nitrogens is 1. The summed E-state index contributed by atoms with van der Waals surface area (Å²) < 4.78 is 5.74. The van der Waals surface area contributed by atoms with Gasteiger partial charge in [-0.1, -0.05) is 0 Å². The SMILES string of the molecule is CNC(C)c1sc(C)nc1-c1ccc(OCCN(C)C)cc1. The molecule has 2 aromatic rings. The highest BCUT2D eigenvalue weighted by Gasteiger charge is 2.15. The molecule has 0 saturated heterocycles. The maximum atomic E-state index is 5.74. The zero-order valence-corrected chi connectivity index (χ0v) is 14.8. The molecule has 1 heterocycles. The highest BCUT2D eigenvalue weighted by molar-refractivity contribution is 7.12. The lowest BCUT2D eigenvalue weighted by Gasteiger charge is -2.12. The van der Waals surface area contributed by atoms with E-state index in [4.69, 9.17) is 9.72 Å². The van der Waals surface area contributed by atoms with E-state index in [1.165, 1.54) is 4.88 Å². The molecule has 0 spiro atoms. The maximum absolute atomic E-state index is 5.74. The Balaban J connectivity index is 2.13. The number of likely N-dealkylation sites (N-methyl/N-ethyl adjacent to an activating group) is 1. The first-order chi connectivity index (χ1) is 10.5. The molecule has 0 saturated carbocycles. The highest BCUT2D eigenvalue weighted by Crippen LogP contribution is 2.33. The van der Waals surface area contributed by atoms with Crippen molar-refractivity contribution in [2.24, 2.45) is 0 Å². The molecule has 1 aromatic carbocycles. The van der Waals surface area contributed by atoms with Crippen LogP contribution in [0.25, 0.3) is 11.3 Å². The Morgan fingerprint density at radius 1 is 1.27 bits per heavy atom. The van der Waals surface area contributed by atoms with Gasteiger partial charge in [-0.05, 0) is 59.3 Å². The molecule has 0 bridgehead atoms. The quantitative estimate of drug-likeness (QED) is 0.849. The third-order valence-electron chi connectivity index (χ3n) is 3.52. The minimum absolute atomic E-state index is 0.303. The van der Waals surface area contributed by atoms with Crippen LogP contribution in [-0.2, 0) is 0 Å². The molecule has 0 aliphatic rings. The number of nitrogens with one attached hydrogen (secondary N) is 1. The van der Waals surface area contributed by atoms with Crippen molar-refractivity contribution in [2.75, 3.05) is 34.3 Å². The minimum atomic E-state index is 0.303. The molecule has 0 fully saturated rings. The first-order valence-corrected chi connectivity index (χ1v) is 8.35. The van der Waals surface area contributed by atoms with Crippen LogP contribution >= 0.6 is 11.3 Å². The van der Waals surface area contributed by atoms with Gasteiger partial charge in [0, 0.05) is 23.0 Å². The summed E-state index contributed by atoms with van der Waals surface area (Å²) in [6.07, 6.45) is 0. The van der Waals surface area contributed by atoms with Crippen molar-refractivity contribution in [3.8, 4) is 17.0 Å². The summed E-state index contributed by atoms with van der Waals surface area (Å²) in [6.45, 7) is 5.83. The first kappa shape index (κ1) is 16.9. The zero-order chi connectivity index (χ0) is 16.1. The van der Waals surface area contributed by atoms with Crippen LogP contribution in [0.1, 0.15) is 22.9 Å². The first-order valence-electron chi connectivity index (χ1n) is 7.53. The van der Waals surface area contributed by atoms with E-state index in [0.717, 1.165) is 28.6 Å². The lowest BCUT2D eigenvalue weighted by Crippen LogP contribution is -2.19. The van der Waals surface area contributed by atoms with Crippen LogP contribution in [0.15, 0.2) is 24.3 Å². The average molecular weight is 319 g/mol. The summed E-state index contributed by atoms with van der Waals surface area (Å²) in [6, 6.07) is 8.52. The topological polar surface area (TPSA) is 37.4 Å². The van der Waals surface area contributed by atoms with Crippen molar-refractivity contribution in [3.05, 3.63) is 34.2 Å². The summed E-state index contributed by atoms with van der Waals surface area (Å²) in [4.78, 5) is 8.08. The smallest absolute Gasteiger partial charge is 0.119 e. The largest absolute Gasteiger partial charge is 0.492 e. The van der Waals surface area contributed by atoms with Crippen LogP contribution in [-0.4, -0.2) is 44.2 Å². The molecule has 1 unspecified atom stereocenters. The van der Waals surface area contributed by atoms with Gasteiger partial charge in [-0.25, -0.2) is 4.98 Å². The molecule has 5 heteroatoms. The normalized spacial score (nSPS) is 12.6. The highest BCUT2D eigenvalue weighted by atomic mass is 32.1. The van der Waals surface area contributed by atoms with Crippen molar-refractivity contribution in [2.45, 2.75) is 19.9 Å². The molecule has 1 N–H and O–H groups in total. The van der Waals surface area contributed by atoms with Gasteiger partial charge in [0.15, 0.2) is 0 Å². The van der Waals surface area contributed by atoms with Gasteiger partial charge in [-0.3, -0.25) is 0 Å². The fraction of sp³-hybridized carbons (Fsp3) is 0.471. The van der Waals surface area contributed by atoms with Crippen molar-refractivity contribution in [1.29, 1.82) is 0 Å². The Hall–Kier alpha value is -1.43. The predicted octanol–water partition coefficient (Wildman–Crippen LogP) is 3.34. The van der Waals surface area contributed by atoms with Gasteiger partial charge >= 0.3 is 0 Å². The average Bonchev–Trinajstić information content (AvgIpc) is 2.89. The van der Waals surface area contributed by atoms with E-state index in [2.05, 4.69) is 36.2 Å². The number of thiazole rings is 1. The Labute approximate surface area is 137 Å². The Bertz CT molecular complexity index is 592. The van der Waals surface area contributed by atoms with Gasteiger partial charge in [0.2, 0.25) is 0 Å². The van der Waals surface area contributed by atoms with E-state index in [1.54, 1.807) is 11.3 Å². The summed E-state index contributed by atoms with van der Waals surface area (Å²) in [5, 5.41) is 4.39. The second-order valence-electron chi connectivity index (χ2n) is 5.63. The predicted molar refractivity (Wildman–Crippen MR) is 93.8 cm³/mol. The lowest BCUT2D eigenvalue weighted by atomic mass is 10.1. The molecule has 22 heavy (non-hydrogen) atoms. The second-order valence-corrected chi connectivity index (χ2v) is 6.87. The van der Waals surface area contributed by atoms with Crippen molar-refractivity contribution in [1.82, 2.24) is 15.2 Å². The fourth-order valence-electron chi connectivity index (χ4n) is 2.13. The zero-order valence-electron chi connectivity index (χ0n) is 14.0. The van der Waals surface area contributed by atoms with Crippen LogP contribution in [0.4, 0.5) is 0 Å². The molecule has 1 aromatic heterocycles. The minimum Gasteiger partial charge on any atom is -0.492 e. The van der Waals surface area contributed by atoms with Crippen LogP contribution in [0.5, 0.6) is 5.75 Å². The second kappa shape index (κ2) is 7.72. The van der Waals surface area contributed by atoms with Gasteiger partial charge in [-0.15, -0.1) is 11.3 Å². The Kier molecular flexibility index (Phi) is 5.94. The number of ether oxygens (including phenoxy) is 1. The van der Waals surface area contributed by atoms with Gasteiger partial charge in [0.05, 0.1) is 10.7 Å². The molecule has 0 aliphatic heterocycles. The van der Waals surface area contributed by atoms with Crippen LogP contribution in [0, 0.1) is 6.92 Å². The molecule has 0 aliphatic carbocycles. The van der Waals surface area contributed by atoms with E-state index in [0.29, 0.717) is 12.6 Å². The molecule has 0 amide bonds. The van der Waals surface area contributed by atoms with Gasteiger partial charge < -0.3 is 15.0 Å². The van der Waals surface area contributed by atoms with Gasteiger partial charge in [0.1, 0.15) is 12.4 Å². The molecule has 4 nitrogen and oxygen atoms in total. The summed E-state index contributed by atoms with van der Waals surface area (Å²) >= 11 is 1.75. The number of aryl methyl sites for hydroxylation is 1. The molecular formula is C17H25N3OS. The van der Waals surface area contributed by atoms with Gasteiger partial charge in [-0.2, -0.15) is 0 Å². The van der Waals surface area contributed by atoms with E-state index in [-0.39, 0.29) is 0 Å². The fourth-order valence-corrected chi connectivity index (χ4v) is 3.14. The van der Waals surface area contributed by atoms with Crippen LogP contribution in [0.2, 0.25) is 0 Å². The number of hydrogen-bond donors (Lipinski definition) is 1. The number of nitrogens with zero attached hydrogens (tertiary/aromatic N) is 2. The van der Waals surface area contributed by atoms with E-state index in [1.807, 2.05) is 33.3 Å². The number of rotatable bonds is 7. The Morgan fingerprint density at radius 3 is 2.55 bits per heavy atom. The molecule has 1 atom stereocenters. The molecule has 0 radical (unpaired) electrons. The molecule has 120 valence electrons. The lowest BCUT2D eigenvalue weighted by molar-refractivity contribution is 0.261. The van der Waals surface area contributed by atoms with E-state index in [9.17, 15) is 0 Å². The van der Waals surface area contributed by atoms with Crippen molar-refractivity contribution < 1.29 is 4.74 Å². The third-order valence-corrected chi connectivity index (χ3v) is 4.68. The van der Waals surface area contributed by atoms with E-state index < -0.39 is 0 Å². The van der Waals surface area contributed by atoms with E-state index >= 15 is 0 Å².